The SMILES string of the molecule is CCc1cccc(C)c1N(CC(=O)N(C)CCc1ccncc1)C(C)=O. The first-order valence-electron chi connectivity index (χ1n) is 8.93. The third kappa shape index (κ3) is 4.91. The zero-order chi connectivity index (χ0) is 19.1. The maximum absolute atomic E-state index is 12.7. The van der Waals surface area contributed by atoms with Crippen LogP contribution in [0.15, 0.2) is 42.7 Å². The number of pyridine rings is 1. The van der Waals surface area contributed by atoms with Crippen molar-refractivity contribution in [3.05, 3.63) is 59.4 Å². The van der Waals surface area contributed by atoms with Crippen molar-refractivity contribution in [3.8, 4) is 0 Å². The molecule has 0 aliphatic rings. The normalized spacial score (nSPS) is 10.5. The topological polar surface area (TPSA) is 53.5 Å². The van der Waals surface area contributed by atoms with E-state index in [0.717, 1.165) is 35.2 Å². The smallest absolute Gasteiger partial charge is 0.242 e. The summed E-state index contributed by atoms with van der Waals surface area (Å²) in [4.78, 5) is 32.2. The molecule has 1 aromatic carbocycles. The van der Waals surface area contributed by atoms with E-state index < -0.39 is 0 Å². The lowest BCUT2D eigenvalue weighted by atomic mass is 10.0. The Kier molecular flexibility index (Phi) is 6.89. The minimum Gasteiger partial charge on any atom is -0.344 e. The quantitative estimate of drug-likeness (QED) is 0.769. The summed E-state index contributed by atoms with van der Waals surface area (Å²) >= 11 is 0. The number of hydrogen-bond acceptors (Lipinski definition) is 3. The predicted molar refractivity (Wildman–Crippen MR) is 104 cm³/mol. The molecule has 0 radical (unpaired) electrons. The van der Waals surface area contributed by atoms with Crippen LogP contribution in [0.3, 0.4) is 0 Å². The van der Waals surface area contributed by atoms with Crippen LogP contribution in [0.25, 0.3) is 0 Å². The number of para-hydroxylation sites is 1. The van der Waals surface area contributed by atoms with Gasteiger partial charge in [-0.05, 0) is 48.6 Å². The minimum absolute atomic E-state index is 0.0556. The summed E-state index contributed by atoms with van der Waals surface area (Å²) in [7, 11) is 1.78. The van der Waals surface area contributed by atoms with Crippen molar-refractivity contribution >= 4 is 17.5 Å². The fourth-order valence-corrected chi connectivity index (χ4v) is 2.97. The Balaban J connectivity index is 2.10. The first-order valence-corrected chi connectivity index (χ1v) is 8.93. The number of likely N-dealkylation sites (N-methyl/N-ethyl adjacent to an activating group) is 1. The van der Waals surface area contributed by atoms with Gasteiger partial charge in [0.15, 0.2) is 0 Å². The molecule has 0 atom stereocenters. The van der Waals surface area contributed by atoms with Crippen molar-refractivity contribution in [2.45, 2.75) is 33.6 Å². The van der Waals surface area contributed by atoms with Crippen LogP contribution in [-0.4, -0.2) is 41.8 Å². The van der Waals surface area contributed by atoms with Gasteiger partial charge in [-0.15, -0.1) is 0 Å². The van der Waals surface area contributed by atoms with Gasteiger partial charge in [-0.2, -0.15) is 0 Å². The van der Waals surface area contributed by atoms with Crippen LogP contribution in [0.4, 0.5) is 5.69 Å². The number of carbonyl (C=O) groups excluding carboxylic acids is 2. The molecule has 0 saturated carbocycles. The summed E-state index contributed by atoms with van der Waals surface area (Å²) in [5, 5.41) is 0. The number of aromatic nitrogens is 1. The zero-order valence-corrected chi connectivity index (χ0v) is 16.0. The third-order valence-corrected chi connectivity index (χ3v) is 4.56. The average Bonchev–Trinajstić information content (AvgIpc) is 2.64. The highest BCUT2D eigenvalue weighted by atomic mass is 16.2. The molecule has 5 heteroatoms. The van der Waals surface area contributed by atoms with E-state index in [0.29, 0.717) is 6.54 Å². The predicted octanol–water partition coefficient (Wildman–Crippen LogP) is 3.01. The van der Waals surface area contributed by atoms with Crippen molar-refractivity contribution in [1.82, 2.24) is 9.88 Å². The molecule has 5 nitrogen and oxygen atoms in total. The van der Waals surface area contributed by atoms with Crippen molar-refractivity contribution in [2.75, 3.05) is 25.0 Å². The largest absolute Gasteiger partial charge is 0.344 e. The first-order chi connectivity index (χ1) is 12.4. The van der Waals surface area contributed by atoms with Gasteiger partial charge in [0, 0.05) is 32.9 Å². The first kappa shape index (κ1) is 19.6. The summed E-state index contributed by atoms with van der Waals surface area (Å²) < 4.78 is 0. The van der Waals surface area contributed by atoms with Crippen molar-refractivity contribution in [2.24, 2.45) is 0 Å². The Morgan fingerprint density at radius 3 is 2.42 bits per heavy atom. The molecule has 0 saturated heterocycles. The summed E-state index contributed by atoms with van der Waals surface area (Å²) in [5.41, 5.74) is 4.08. The van der Waals surface area contributed by atoms with E-state index in [4.69, 9.17) is 0 Å². The van der Waals surface area contributed by atoms with Gasteiger partial charge in [0.25, 0.3) is 0 Å². The summed E-state index contributed by atoms with van der Waals surface area (Å²) in [6.07, 6.45) is 5.07. The molecule has 0 N–H and O–H groups in total. The molecule has 1 aromatic heterocycles. The van der Waals surface area contributed by atoms with Crippen molar-refractivity contribution < 1.29 is 9.59 Å². The number of carbonyl (C=O) groups is 2. The molecule has 0 aliphatic heterocycles. The highest BCUT2D eigenvalue weighted by Gasteiger charge is 2.21. The maximum atomic E-state index is 12.7. The Hall–Kier alpha value is -2.69. The van der Waals surface area contributed by atoms with Crippen LogP contribution in [-0.2, 0) is 22.4 Å². The lowest BCUT2D eigenvalue weighted by molar-refractivity contribution is -0.130. The summed E-state index contributed by atoms with van der Waals surface area (Å²) in [5.74, 6) is -0.190. The fourth-order valence-electron chi connectivity index (χ4n) is 2.97. The Morgan fingerprint density at radius 2 is 1.81 bits per heavy atom. The van der Waals surface area contributed by atoms with E-state index >= 15 is 0 Å². The van der Waals surface area contributed by atoms with Crippen molar-refractivity contribution in [3.63, 3.8) is 0 Å². The standard InChI is InChI=1S/C21H27N3O2/c1-5-19-8-6-7-16(2)21(19)24(17(3)25)15-20(26)23(4)14-11-18-9-12-22-13-10-18/h6-10,12-13H,5,11,14-15H2,1-4H3. The lowest BCUT2D eigenvalue weighted by Crippen LogP contribution is -2.42. The van der Waals surface area contributed by atoms with Gasteiger partial charge in [-0.1, -0.05) is 25.1 Å². The van der Waals surface area contributed by atoms with E-state index in [2.05, 4.69) is 11.9 Å². The van der Waals surface area contributed by atoms with Crippen LogP contribution in [0.1, 0.15) is 30.5 Å². The minimum atomic E-state index is -0.120. The Bertz CT molecular complexity index is 759. The average molecular weight is 353 g/mol. The number of aryl methyl sites for hydroxylation is 2. The van der Waals surface area contributed by atoms with Gasteiger partial charge in [0.2, 0.25) is 11.8 Å². The summed E-state index contributed by atoms with van der Waals surface area (Å²) in [6.45, 7) is 6.19. The van der Waals surface area contributed by atoms with Gasteiger partial charge >= 0.3 is 0 Å². The molecule has 2 amide bonds. The molecule has 0 bridgehead atoms. The second kappa shape index (κ2) is 9.13. The molecular formula is C21H27N3O2. The van der Waals surface area contributed by atoms with E-state index in [1.54, 1.807) is 29.2 Å². The van der Waals surface area contributed by atoms with Gasteiger partial charge in [0.1, 0.15) is 6.54 Å². The molecule has 2 rings (SSSR count). The molecule has 0 fully saturated rings. The zero-order valence-electron chi connectivity index (χ0n) is 16.0. The lowest BCUT2D eigenvalue weighted by Gasteiger charge is -2.27. The number of amides is 2. The molecule has 1 heterocycles. The highest BCUT2D eigenvalue weighted by Crippen LogP contribution is 2.26. The molecule has 0 aliphatic carbocycles. The molecule has 26 heavy (non-hydrogen) atoms. The second-order valence-corrected chi connectivity index (χ2v) is 6.46. The van der Waals surface area contributed by atoms with Crippen LogP contribution in [0.2, 0.25) is 0 Å². The molecular weight excluding hydrogens is 326 g/mol. The highest BCUT2D eigenvalue weighted by molar-refractivity contribution is 5.98. The maximum Gasteiger partial charge on any atom is 0.242 e. The number of anilines is 1. The number of rotatable bonds is 7. The van der Waals surface area contributed by atoms with Gasteiger partial charge in [-0.3, -0.25) is 14.6 Å². The third-order valence-electron chi connectivity index (χ3n) is 4.56. The van der Waals surface area contributed by atoms with E-state index in [9.17, 15) is 9.59 Å². The molecule has 2 aromatic rings. The van der Waals surface area contributed by atoms with E-state index in [1.807, 2.05) is 37.3 Å². The number of hydrogen-bond donors (Lipinski definition) is 0. The Labute approximate surface area is 155 Å². The molecule has 138 valence electrons. The fraction of sp³-hybridized carbons (Fsp3) is 0.381. The number of benzene rings is 1. The van der Waals surface area contributed by atoms with Gasteiger partial charge in [-0.25, -0.2) is 0 Å². The molecule has 0 unspecified atom stereocenters. The molecule has 0 spiro atoms. The number of nitrogens with zero attached hydrogens (tertiary/aromatic N) is 3. The van der Waals surface area contributed by atoms with Crippen LogP contribution in [0, 0.1) is 6.92 Å². The van der Waals surface area contributed by atoms with Gasteiger partial charge in [0.05, 0.1) is 5.69 Å². The van der Waals surface area contributed by atoms with E-state index in [1.165, 1.54) is 6.92 Å². The van der Waals surface area contributed by atoms with Crippen molar-refractivity contribution in [1.29, 1.82) is 0 Å². The second-order valence-electron chi connectivity index (χ2n) is 6.46. The Morgan fingerprint density at radius 1 is 1.12 bits per heavy atom. The summed E-state index contributed by atoms with van der Waals surface area (Å²) in [6, 6.07) is 9.86. The van der Waals surface area contributed by atoms with Gasteiger partial charge < -0.3 is 9.80 Å². The van der Waals surface area contributed by atoms with E-state index in [-0.39, 0.29) is 18.4 Å². The van der Waals surface area contributed by atoms with Crippen LogP contribution in [0.5, 0.6) is 0 Å². The van der Waals surface area contributed by atoms with Crippen LogP contribution >= 0.6 is 0 Å². The van der Waals surface area contributed by atoms with Crippen LogP contribution < -0.4 is 4.90 Å². The monoisotopic (exact) mass is 353 g/mol.